The van der Waals surface area contributed by atoms with Gasteiger partial charge >= 0.3 is 0 Å². The first-order valence-corrected chi connectivity index (χ1v) is 8.56. The van der Waals surface area contributed by atoms with Gasteiger partial charge in [-0.2, -0.15) is 0 Å². The number of nitrogens with zero attached hydrogens (tertiary/aromatic N) is 3. The van der Waals surface area contributed by atoms with E-state index in [9.17, 15) is 0 Å². The predicted molar refractivity (Wildman–Crippen MR) is 96.7 cm³/mol. The van der Waals surface area contributed by atoms with E-state index in [4.69, 9.17) is 9.47 Å². The van der Waals surface area contributed by atoms with Crippen LogP contribution in [0.2, 0.25) is 0 Å². The van der Waals surface area contributed by atoms with Gasteiger partial charge in [0.25, 0.3) is 0 Å². The van der Waals surface area contributed by atoms with E-state index in [-0.39, 0.29) is 0 Å². The number of likely N-dealkylation sites (N-methyl/N-ethyl adjacent to an activating group) is 1. The number of ether oxygens (including phenoxy) is 2. The van der Waals surface area contributed by atoms with Crippen LogP contribution in [0, 0.1) is 0 Å². The highest BCUT2D eigenvalue weighted by atomic mass is 16.5. The van der Waals surface area contributed by atoms with Crippen molar-refractivity contribution in [1.29, 1.82) is 0 Å². The minimum Gasteiger partial charge on any atom is -0.492 e. The van der Waals surface area contributed by atoms with Gasteiger partial charge in [0.05, 0.1) is 0 Å². The Balaban J connectivity index is 1.52. The summed E-state index contributed by atoms with van der Waals surface area (Å²) < 4.78 is 11.6. The van der Waals surface area contributed by atoms with Crippen LogP contribution in [0.5, 0.6) is 5.75 Å². The number of rotatable bonds is 6. The average Bonchev–Trinajstić information content (AvgIpc) is 3.01. The maximum Gasteiger partial charge on any atom is 0.161 e. The second-order valence-electron chi connectivity index (χ2n) is 6.43. The topological polar surface area (TPSA) is 28.2 Å². The van der Waals surface area contributed by atoms with Gasteiger partial charge in [-0.25, -0.2) is 0 Å². The summed E-state index contributed by atoms with van der Waals surface area (Å²) in [5, 5.41) is 0. The highest BCUT2D eigenvalue weighted by Gasteiger charge is 2.13. The van der Waals surface area contributed by atoms with Crippen molar-refractivity contribution in [1.82, 2.24) is 14.7 Å². The number of benzene rings is 1. The first-order chi connectivity index (χ1) is 11.7. The first-order valence-electron chi connectivity index (χ1n) is 8.56. The number of hydrogen-bond donors (Lipinski definition) is 0. The fourth-order valence-electron chi connectivity index (χ4n) is 2.84. The van der Waals surface area contributed by atoms with Crippen LogP contribution in [-0.2, 0) is 4.74 Å². The van der Waals surface area contributed by atoms with Crippen molar-refractivity contribution in [2.45, 2.75) is 0 Å². The lowest BCUT2D eigenvalue weighted by molar-refractivity contribution is 0.133. The molecule has 5 nitrogen and oxygen atoms in total. The highest BCUT2D eigenvalue weighted by molar-refractivity contribution is 5.59. The van der Waals surface area contributed by atoms with Gasteiger partial charge in [0, 0.05) is 51.5 Å². The summed E-state index contributed by atoms with van der Waals surface area (Å²) >= 11 is 0. The lowest BCUT2D eigenvalue weighted by Gasteiger charge is -2.32. The molecule has 0 aromatic heterocycles. The molecule has 0 spiro atoms. The second kappa shape index (κ2) is 8.22. The van der Waals surface area contributed by atoms with Crippen LogP contribution in [0.1, 0.15) is 5.56 Å². The Morgan fingerprint density at radius 3 is 2.62 bits per heavy atom. The molecule has 0 unspecified atom stereocenters. The Morgan fingerprint density at radius 1 is 1.08 bits per heavy atom. The van der Waals surface area contributed by atoms with Gasteiger partial charge in [0.1, 0.15) is 18.1 Å². The SMILES string of the molecule is CN1C=C(/C=C/c2ccccc2OCCN2CCN(C)CC2)OC1. The minimum absolute atomic E-state index is 0.614. The van der Waals surface area contributed by atoms with Crippen molar-refractivity contribution >= 4 is 6.08 Å². The number of allylic oxidation sites excluding steroid dienone is 1. The maximum atomic E-state index is 6.03. The Morgan fingerprint density at radius 2 is 1.88 bits per heavy atom. The minimum atomic E-state index is 0.614. The zero-order valence-corrected chi connectivity index (χ0v) is 14.6. The lowest BCUT2D eigenvalue weighted by Crippen LogP contribution is -2.45. The third-order valence-electron chi connectivity index (χ3n) is 4.39. The van der Waals surface area contributed by atoms with Crippen LogP contribution in [0.4, 0.5) is 0 Å². The monoisotopic (exact) mass is 329 g/mol. The molecule has 3 rings (SSSR count). The fraction of sp³-hybridized carbons (Fsp3) is 0.474. The summed E-state index contributed by atoms with van der Waals surface area (Å²) in [4.78, 5) is 6.85. The fourth-order valence-corrected chi connectivity index (χ4v) is 2.84. The molecule has 5 heteroatoms. The van der Waals surface area contributed by atoms with Crippen LogP contribution < -0.4 is 4.74 Å². The van der Waals surface area contributed by atoms with Crippen LogP contribution in [-0.4, -0.2) is 74.9 Å². The third-order valence-corrected chi connectivity index (χ3v) is 4.39. The Bertz CT molecular complexity index is 592. The molecule has 130 valence electrons. The van der Waals surface area contributed by atoms with Crippen molar-refractivity contribution in [3.8, 4) is 5.75 Å². The van der Waals surface area contributed by atoms with E-state index in [1.165, 1.54) is 0 Å². The van der Waals surface area contributed by atoms with E-state index in [0.717, 1.165) is 56.4 Å². The van der Waals surface area contributed by atoms with E-state index in [0.29, 0.717) is 6.73 Å². The zero-order valence-electron chi connectivity index (χ0n) is 14.6. The summed E-state index contributed by atoms with van der Waals surface area (Å²) in [6, 6.07) is 8.14. The predicted octanol–water partition coefficient (Wildman–Crippen LogP) is 2.09. The maximum absolute atomic E-state index is 6.03. The van der Waals surface area contributed by atoms with Crippen molar-refractivity contribution < 1.29 is 9.47 Å². The molecule has 2 heterocycles. The molecule has 24 heavy (non-hydrogen) atoms. The van der Waals surface area contributed by atoms with Gasteiger partial charge in [-0.05, 0) is 25.3 Å². The Labute approximate surface area is 144 Å². The molecule has 0 N–H and O–H groups in total. The average molecular weight is 329 g/mol. The standard InChI is InChI=1S/C19H27N3O2/c1-20-9-11-22(12-10-20)13-14-23-19-6-4-3-5-17(19)7-8-18-15-21(2)16-24-18/h3-8,15H,9-14,16H2,1-2H3/b8-7+. The molecule has 1 fully saturated rings. The van der Waals surface area contributed by atoms with Crippen LogP contribution >= 0.6 is 0 Å². The van der Waals surface area contributed by atoms with Crippen molar-refractivity contribution in [2.24, 2.45) is 0 Å². The van der Waals surface area contributed by atoms with Gasteiger partial charge in [0.15, 0.2) is 6.73 Å². The van der Waals surface area contributed by atoms with E-state index < -0.39 is 0 Å². The third kappa shape index (κ3) is 4.76. The van der Waals surface area contributed by atoms with Gasteiger partial charge in [-0.15, -0.1) is 0 Å². The van der Waals surface area contributed by atoms with Crippen molar-refractivity contribution in [3.63, 3.8) is 0 Å². The normalized spacial score (nSPS) is 19.6. The van der Waals surface area contributed by atoms with E-state index >= 15 is 0 Å². The molecule has 2 aliphatic heterocycles. The first kappa shape index (κ1) is 16.9. The van der Waals surface area contributed by atoms with Crippen molar-refractivity contribution in [3.05, 3.63) is 47.9 Å². The summed E-state index contributed by atoms with van der Waals surface area (Å²) in [6.07, 6.45) is 6.04. The Kier molecular flexibility index (Phi) is 5.77. The molecule has 0 aliphatic carbocycles. The lowest BCUT2D eigenvalue weighted by atomic mass is 10.2. The molecule has 0 radical (unpaired) electrons. The molecule has 1 saturated heterocycles. The number of para-hydroxylation sites is 1. The van der Waals surface area contributed by atoms with E-state index in [1.54, 1.807) is 0 Å². The molecular weight excluding hydrogens is 302 g/mol. The van der Waals surface area contributed by atoms with Crippen LogP contribution in [0.15, 0.2) is 42.3 Å². The van der Waals surface area contributed by atoms with Gasteiger partial charge in [-0.3, -0.25) is 4.90 Å². The highest BCUT2D eigenvalue weighted by Crippen LogP contribution is 2.21. The summed E-state index contributed by atoms with van der Waals surface area (Å²) in [5.74, 6) is 1.81. The quantitative estimate of drug-likeness (QED) is 0.797. The van der Waals surface area contributed by atoms with Crippen LogP contribution in [0.25, 0.3) is 6.08 Å². The molecule has 0 amide bonds. The van der Waals surface area contributed by atoms with E-state index in [2.05, 4.69) is 29.0 Å². The van der Waals surface area contributed by atoms with Gasteiger partial charge in [0.2, 0.25) is 0 Å². The van der Waals surface area contributed by atoms with E-state index in [1.807, 2.05) is 42.4 Å². The zero-order chi connectivity index (χ0) is 16.8. The molecule has 2 aliphatic rings. The summed E-state index contributed by atoms with van der Waals surface area (Å²) in [7, 11) is 4.17. The number of hydrogen-bond acceptors (Lipinski definition) is 5. The second-order valence-corrected chi connectivity index (χ2v) is 6.43. The molecular formula is C19H27N3O2. The molecule has 0 atom stereocenters. The molecule has 1 aromatic carbocycles. The summed E-state index contributed by atoms with van der Waals surface area (Å²) in [6.45, 7) is 6.84. The Hall–Kier alpha value is -1.98. The number of piperazine rings is 1. The van der Waals surface area contributed by atoms with Crippen molar-refractivity contribution in [2.75, 3.05) is 60.2 Å². The summed E-state index contributed by atoms with van der Waals surface area (Å²) in [5.41, 5.74) is 1.08. The molecule has 0 bridgehead atoms. The van der Waals surface area contributed by atoms with Gasteiger partial charge in [-0.1, -0.05) is 18.2 Å². The largest absolute Gasteiger partial charge is 0.492 e. The molecule has 1 aromatic rings. The smallest absolute Gasteiger partial charge is 0.161 e. The van der Waals surface area contributed by atoms with Crippen LogP contribution in [0.3, 0.4) is 0 Å². The van der Waals surface area contributed by atoms with Gasteiger partial charge < -0.3 is 19.3 Å². The molecule has 0 saturated carbocycles.